The van der Waals surface area contributed by atoms with Crippen molar-refractivity contribution >= 4 is 23.8 Å². The molecule has 0 saturated carbocycles. The van der Waals surface area contributed by atoms with Gasteiger partial charge in [0.05, 0.1) is 5.92 Å². The number of carboxylic acid groups (broad SMARTS) is 1. The highest BCUT2D eigenvalue weighted by Gasteiger charge is 2.10. The van der Waals surface area contributed by atoms with Gasteiger partial charge in [0.15, 0.2) is 0 Å². The molecule has 0 aliphatic heterocycles. The zero-order valence-corrected chi connectivity index (χ0v) is 7.27. The number of hydrogen-bond acceptors (Lipinski definition) is 3. The Hall–Kier alpha value is -0.710. The summed E-state index contributed by atoms with van der Waals surface area (Å²) in [5.74, 6) is -1.03. The number of rotatable bonds is 4. The number of carboxylic acids is 1. The van der Waals surface area contributed by atoms with Crippen molar-refractivity contribution < 1.29 is 14.7 Å². The van der Waals surface area contributed by atoms with Crippen molar-refractivity contribution in [1.29, 1.82) is 0 Å². The Balaban J connectivity index is 3.39. The Kier molecular flexibility index (Phi) is 4.69. The van der Waals surface area contributed by atoms with Crippen LogP contribution in [0.5, 0.6) is 0 Å². The average Bonchev–Trinajstić information content (AvgIpc) is 1.86. The Bertz CT molecular complexity index is 160. The molecule has 0 radical (unpaired) electrons. The molecule has 0 fully saturated rings. The monoisotopic (exact) mass is 177 g/mol. The number of amides is 1. The third kappa shape index (κ3) is 5.72. The van der Waals surface area contributed by atoms with Crippen molar-refractivity contribution in [3.05, 3.63) is 0 Å². The van der Waals surface area contributed by atoms with E-state index in [1.54, 1.807) is 6.92 Å². The van der Waals surface area contributed by atoms with Crippen LogP contribution in [-0.2, 0) is 9.59 Å². The fourth-order valence-corrected chi connectivity index (χ4v) is 1.02. The Labute approximate surface area is 69.5 Å². The van der Waals surface area contributed by atoms with Crippen LogP contribution in [0.1, 0.15) is 13.8 Å². The molecule has 11 heavy (non-hydrogen) atoms. The first kappa shape index (κ1) is 10.3. The Morgan fingerprint density at radius 2 is 2.18 bits per heavy atom. The molecule has 64 valence electrons. The molecule has 5 heteroatoms. The van der Waals surface area contributed by atoms with Crippen molar-refractivity contribution in [2.75, 3.05) is 5.75 Å². The van der Waals surface area contributed by atoms with Crippen LogP contribution in [0, 0.1) is 5.92 Å². The van der Waals surface area contributed by atoms with E-state index in [1.807, 2.05) is 0 Å². The smallest absolute Gasteiger partial charge is 0.307 e. The summed E-state index contributed by atoms with van der Waals surface area (Å²) in [6.45, 7) is 2.98. The maximum atomic E-state index is 10.3. The maximum Gasteiger partial charge on any atom is 0.307 e. The van der Waals surface area contributed by atoms with E-state index in [0.717, 1.165) is 11.9 Å². The van der Waals surface area contributed by atoms with E-state index >= 15 is 0 Å². The van der Waals surface area contributed by atoms with E-state index in [2.05, 4.69) is 4.72 Å². The summed E-state index contributed by atoms with van der Waals surface area (Å²) in [5.41, 5.74) is 0. The van der Waals surface area contributed by atoms with Gasteiger partial charge in [-0.05, 0) is 11.9 Å². The minimum absolute atomic E-state index is 0.160. The number of aliphatic carboxylic acids is 1. The largest absolute Gasteiger partial charge is 0.481 e. The quantitative estimate of drug-likeness (QED) is 0.613. The third-order valence-electron chi connectivity index (χ3n) is 0.971. The molecule has 0 aliphatic carbocycles. The molecule has 0 unspecified atom stereocenters. The van der Waals surface area contributed by atoms with Crippen molar-refractivity contribution in [3.8, 4) is 0 Å². The molecule has 0 aromatic carbocycles. The minimum Gasteiger partial charge on any atom is -0.481 e. The Morgan fingerprint density at radius 3 is 2.55 bits per heavy atom. The van der Waals surface area contributed by atoms with Crippen LogP contribution in [0.2, 0.25) is 0 Å². The van der Waals surface area contributed by atoms with Crippen molar-refractivity contribution in [1.82, 2.24) is 4.72 Å². The molecule has 0 aromatic heterocycles. The van der Waals surface area contributed by atoms with Gasteiger partial charge in [0, 0.05) is 12.7 Å². The second-order valence-electron chi connectivity index (χ2n) is 2.21. The molecule has 0 aliphatic rings. The lowest BCUT2D eigenvalue weighted by Gasteiger charge is -2.04. The molecule has 1 amide bonds. The standard InChI is InChI=1S/C6H11NO3S/c1-4(6(9)10)3-11-7-5(2)8/h4H,3H2,1-2H3,(H,7,8)(H,9,10)/t4-/m0/s1. The maximum absolute atomic E-state index is 10.3. The summed E-state index contributed by atoms with van der Waals surface area (Å²) in [6.07, 6.45) is 0. The first-order valence-corrected chi connectivity index (χ1v) is 4.13. The fourth-order valence-electron chi connectivity index (χ4n) is 0.340. The van der Waals surface area contributed by atoms with Gasteiger partial charge in [-0.2, -0.15) is 0 Å². The van der Waals surface area contributed by atoms with Crippen LogP contribution in [0.4, 0.5) is 0 Å². The first-order chi connectivity index (χ1) is 5.04. The average molecular weight is 177 g/mol. The zero-order chi connectivity index (χ0) is 8.85. The van der Waals surface area contributed by atoms with Gasteiger partial charge in [-0.3, -0.25) is 9.59 Å². The molecule has 4 nitrogen and oxygen atoms in total. The normalized spacial score (nSPS) is 12.2. The molecule has 0 spiro atoms. The summed E-state index contributed by atoms with van der Waals surface area (Å²) in [4.78, 5) is 20.6. The van der Waals surface area contributed by atoms with Gasteiger partial charge in [-0.25, -0.2) is 0 Å². The topological polar surface area (TPSA) is 66.4 Å². The number of hydrogen-bond donors (Lipinski definition) is 2. The van der Waals surface area contributed by atoms with E-state index in [1.165, 1.54) is 6.92 Å². The first-order valence-electron chi connectivity index (χ1n) is 3.15. The lowest BCUT2D eigenvalue weighted by atomic mass is 10.2. The third-order valence-corrected chi connectivity index (χ3v) is 2.07. The van der Waals surface area contributed by atoms with E-state index < -0.39 is 11.9 Å². The van der Waals surface area contributed by atoms with Gasteiger partial charge in [-0.15, -0.1) is 0 Å². The summed E-state index contributed by atoms with van der Waals surface area (Å²) in [5, 5.41) is 8.42. The zero-order valence-electron chi connectivity index (χ0n) is 6.46. The molecule has 0 saturated heterocycles. The van der Waals surface area contributed by atoms with Gasteiger partial charge < -0.3 is 9.83 Å². The second-order valence-corrected chi connectivity index (χ2v) is 3.03. The number of nitrogens with one attached hydrogen (secondary N) is 1. The molecule has 0 heterocycles. The van der Waals surface area contributed by atoms with Gasteiger partial charge >= 0.3 is 5.97 Å². The van der Waals surface area contributed by atoms with Crippen molar-refractivity contribution in [2.45, 2.75) is 13.8 Å². The SMILES string of the molecule is CC(=O)NSC[C@H](C)C(=O)O. The highest BCUT2D eigenvalue weighted by atomic mass is 32.2. The summed E-state index contributed by atoms with van der Waals surface area (Å²) in [6, 6.07) is 0. The lowest BCUT2D eigenvalue weighted by Crippen LogP contribution is -2.17. The number of carbonyl (C=O) groups excluding carboxylic acids is 1. The van der Waals surface area contributed by atoms with Crippen LogP contribution in [0.3, 0.4) is 0 Å². The molecule has 0 bridgehead atoms. The van der Waals surface area contributed by atoms with Crippen LogP contribution in [-0.4, -0.2) is 22.7 Å². The highest BCUT2D eigenvalue weighted by Crippen LogP contribution is 2.03. The van der Waals surface area contributed by atoms with E-state index in [9.17, 15) is 9.59 Å². The molecule has 1 atom stereocenters. The van der Waals surface area contributed by atoms with Gasteiger partial charge in [0.25, 0.3) is 0 Å². The van der Waals surface area contributed by atoms with Crippen LogP contribution < -0.4 is 4.72 Å². The summed E-state index contributed by atoms with van der Waals surface area (Å²) < 4.78 is 2.45. The Morgan fingerprint density at radius 1 is 1.64 bits per heavy atom. The predicted molar refractivity (Wildman–Crippen MR) is 43.1 cm³/mol. The van der Waals surface area contributed by atoms with E-state index in [4.69, 9.17) is 5.11 Å². The molecule has 0 aromatic rings. The second kappa shape index (κ2) is 5.01. The minimum atomic E-state index is -0.845. The van der Waals surface area contributed by atoms with Crippen molar-refractivity contribution in [2.24, 2.45) is 5.92 Å². The van der Waals surface area contributed by atoms with Gasteiger partial charge in [-0.1, -0.05) is 6.92 Å². The molecule has 0 rings (SSSR count). The molecular formula is C6H11NO3S. The summed E-state index contributed by atoms with van der Waals surface area (Å²) >= 11 is 1.12. The lowest BCUT2D eigenvalue weighted by molar-refractivity contribution is -0.140. The highest BCUT2D eigenvalue weighted by molar-refractivity contribution is 7.97. The van der Waals surface area contributed by atoms with Crippen molar-refractivity contribution in [3.63, 3.8) is 0 Å². The molecular weight excluding hydrogens is 166 g/mol. The van der Waals surface area contributed by atoms with E-state index in [0.29, 0.717) is 5.75 Å². The van der Waals surface area contributed by atoms with Crippen LogP contribution in [0.15, 0.2) is 0 Å². The molecule has 2 N–H and O–H groups in total. The van der Waals surface area contributed by atoms with Gasteiger partial charge in [0.1, 0.15) is 0 Å². The van der Waals surface area contributed by atoms with Crippen LogP contribution >= 0.6 is 11.9 Å². The summed E-state index contributed by atoms with van der Waals surface area (Å²) in [7, 11) is 0. The van der Waals surface area contributed by atoms with E-state index in [-0.39, 0.29) is 5.91 Å². The predicted octanol–water partition coefficient (Wildman–Crippen LogP) is 0.491. The van der Waals surface area contributed by atoms with Crippen LogP contribution in [0.25, 0.3) is 0 Å². The van der Waals surface area contributed by atoms with Gasteiger partial charge in [0.2, 0.25) is 5.91 Å². The number of carbonyl (C=O) groups is 2. The fraction of sp³-hybridized carbons (Fsp3) is 0.667.